The van der Waals surface area contributed by atoms with Crippen molar-refractivity contribution in [2.45, 2.75) is 64.1 Å². The molecule has 0 aliphatic heterocycles. The highest BCUT2D eigenvalue weighted by Gasteiger charge is 2.09. The van der Waals surface area contributed by atoms with Crippen molar-refractivity contribution in [1.29, 1.82) is 0 Å². The van der Waals surface area contributed by atoms with Crippen LogP contribution in [0.3, 0.4) is 0 Å². The van der Waals surface area contributed by atoms with E-state index >= 15 is 0 Å². The first-order valence-electron chi connectivity index (χ1n) is 6.01. The van der Waals surface area contributed by atoms with Crippen molar-refractivity contribution in [2.75, 3.05) is 7.11 Å². The molecule has 0 saturated heterocycles. The maximum absolute atomic E-state index is 10.8. The van der Waals surface area contributed by atoms with E-state index < -0.39 is 12.2 Å². The predicted molar refractivity (Wildman–Crippen MR) is 62.0 cm³/mol. The number of hydrogen-bond donors (Lipinski definition) is 2. The van der Waals surface area contributed by atoms with Crippen molar-refractivity contribution in [3.63, 3.8) is 0 Å². The summed E-state index contributed by atoms with van der Waals surface area (Å²) in [5.74, 6) is -0.149. The van der Waals surface area contributed by atoms with E-state index in [0.29, 0.717) is 12.8 Å². The minimum Gasteiger partial charge on any atom is -0.469 e. The molecule has 2 N–H and O–H groups in total. The van der Waals surface area contributed by atoms with E-state index in [0.717, 1.165) is 32.1 Å². The molecule has 2 unspecified atom stereocenters. The lowest BCUT2D eigenvalue weighted by atomic mass is 10.0. The molecule has 0 radical (unpaired) electrons. The number of methoxy groups -OCH3 is 1. The lowest BCUT2D eigenvalue weighted by molar-refractivity contribution is -0.140. The Labute approximate surface area is 97.6 Å². The van der Waals surface area contributed by atoms with E-state index in [2.05, 4.69) is 4.74 Å². The van der Waals surface area contributed by atoms with Crippen LogP contribution in [0.1, 0.15) is 51.9 Å². The van der Waals surface area contributed by atoms with Crippen LogP contribution in [0, 0.1) is 0 Å². The normalized spacial score (nSPS) is 14.5. The number of rotatable bonds is 9. The highest BCUT2D eigenvalue weighted by molar-refractivity contribution is 5.68. The molecule has 0 aromatic heterocycles. The van der Waals surface area contributed by atoms with Gasteiger partial charge >= 0.3 is 5.97 Å². The van der Waals surface area contributed by atoms with Gasteiger partial charge in [-0.2, -0.15) is 0 Å². The van der Waals surface area contributed by atoms with Crippen molar-refractivity contribution in [2.24, 2.45) is 0 Å². The number of unbranched alkanes of at least 4 members (excludes halogenated alkanes) is 4. The molecule has 0 aromatic rings. The van der Waals surface area contributed by atoms with Gasteiger partial charge in [-0.05, 0) is 19.8 Å². The van der Waals surface area contributed by atoms with Crippen molar-refractivity contribution >= 4 is 5.97 Å². The summed E-state index contributed by atoms with van der Waals surface area (Å²) in [6.07, 6.45) is 4.79. The first kappa shape index (κ1) is 15.4. The van der Waals surface area contributed by atoms with Crippen LogP contribution in [-0.2, 0) is 9.53 Å². The lowest BCUT2D eigenvalue weighted by Crippen LogP contribution is -2.21. The summed E-state index contributed by atoms with van der Waals surface area (Å²) in [7, 11) is 1.40. The SMILES string of the molecule is COC(=O)CCCCCCCC(O)C(C)O. The molecule has 0 fully saturated rings. The van der Waals surface area contributed by atoms with Crippen molar-refractivity contribution in [3.8, 4) is 0 Å². The van der Waals surface area contributed by atoms with Crippen LogP contribution in [0.15, 0.2) is 0 Å². The molecule has 4 nitrogen and oxygen atoms in total. The van der Waals surface area contributed by atoms with Gasteiger partial charge in [-0.15, -0.1) is 0 Å². The molecule has 0 heterocycles. The highest BCUT2D eigenvalue weighted by Crippen LogP contribution is 2.10. The molecule has 96 valence electrons. The Hall–Kier alpha value is -0.610. The molecule has 0 bridgehead atoms. The van der Waals surface area contributed by atoms with Crippen LogP contribution in [0.25, 0.3) is 0 Å². The smallest absolute Gasteiger partial charge is 0.305 e. The summed E-state index contributed by atoms with van der Waals surface area (Å²) in [6, 6.07) is 0. The minimum absolute atomic E-state index is 0.149. The predicted octanol–water partition coefficient (Wildman–Crippen LogP) is 1.63. The number of carbonyl (C=O) groups excluding carboxylic acids is 1. The highest BCUT2D eigenvalue weighted by atomic mass is 16.5. The molecule has 0 aliphatic rings. The number of hydrogen-bond acceptors (Lipinski definition) is 4. The lowest BCUT2D eigenvalue weighted by Gasteiger charge is -2.12. The van der Waals surface area contributed by atoms with Gasteiger partial charge in [-0.25, -0.2) is 0 Å². The van der Waals surface area contributed by atoms with Crippen LogP contribution in [-0.4, -0.2) is 35.5 Å². The Morgan fingerprint density at radius 1 is 1.12 bits per heavy atom. The largest absolute Gasteiger partial charge is 0.469 e. The van der Waals surface area contributed by atoms with Crippen molar-refractivity contribution in [3.05, 3.63) is 0 Å². The monoisotopic (exact) mass is 232 g/mol. The molecule has 4 heteroatoms. The van der Waals surface area contributed by atoms with Gasteiger partial charge in [0, 0.05) is 6.42 Å². The minimum atomic E-state index is -0.640. The summed E-state index contributed by atoms with van der Waals surface area (Å²) in [5.41, 5.74) is 0. The molecule has 0 aliphatic carbocycles. The Kier molecular flexibility index (Phi) is 9.24. The molecular formula is C12H24O4. The third kappa shape index (κ3) is 8.68. The third-order valence-electron chi connectivity index (χ3n) is 2.67. The fourth-order valence-electron chi connectivity index (χ4n) is 1.50. The zero-order valence-electron chi connectivity index (χ0n) is 10.3. The number of carbonyl (C=O) groups is 1. The van der Waals surface area contributed by atoms with E-state index in [4.69, 9.17) is 5.11 Å². The second-order valence-corrected chi connectivity index (χ2v) is 4.19. The van der Waals surface area contributed by atoms with E-state index in [9.17, 15) is 9.90 Å². The van der Waals surface area contributed by atoms with E-state index in [1.807, 2.05) is 0 Å². The van der Waals surface area contributed by atoms with E-state index in [1.54, 1.807) is 6.92 Å². The molecule has 0 amide bonds. The molecule has 0 aromatic carbocycles. The Bertz CT molecular complexity index is 180. The van der Waals surface area contributed by atoms with Gasteiger partial charge in [-0.1, -0.05) is 25.7 Å². The van der Waals surface area contributed by atoms with Gasteiger partial charge in [0.25, 0.3) is 0 Å². The van der Waals surface area contributed by atoms with Crippen molar-refractivity contribution < 1.29 is 19.7 Å². The average molecular weight is 232 g/mol. The van der Waals surface area contributed by atoms with Crippen LogP contribution in [0.5, 0.6) is 0 Å². The molecule has 0 saturated carbocycles. The molecular weight excluding hydrogens is 208 g/mol. The van der Waals surface area contributed by atoms with Gasteiger partial charge < -0.3 is 14.9 Å². The summed E-state index contributed by atoms with van der Waals surface area (Å²) in [4.78, 5) is 10.8. The fourth-order valence-corrected chi connectivity index (χ4v) is 1.50. The summed E-state index contributed by atoms with van der Waals surface area (Å²) >= 11 is 0. The van der Waals surface area contributed by atoms with Crippen LogP contribution < -0.4 is 0 Å². The average Bonchev–Trinajstić information content (AvgIpc) is 2.26. The number of aliphatic hydroxyl groups excluding tert-OH is 2. The zero-order chi connectivity index (χ0) is 12.4. The van der Waals surface area contributed by atoms with Crippen LogP contribution >= 0.6 is 0 Å². The number of aliphatic hydroxyl groups is 2. The second-order valence-electron chi connectivity index (χ2n) is 4.19. The number of ether oxygens (including phenoxy) is 1. The molecule has 2 atom stereocenters. The Morgan fingerprint density at radius 3 is 2.25 bits per heavy atom. The van der Waals surface area contributed by atoms with E-state index in [-0.39, 0.29) is 5.97 Å². The van der Waals surface area contributed by atoms with Gasteiger partial charge in [0.15, 0.2) is 0 Å². The molecule has 0 spiro atoms. The zero-order valence-corrected chi connectivity index (χ0v) is 10.3. The van der Waals surface area contributed by atoms with Gasteiger partial charge in [-0.3, -0.25) is 4.79 Å². The second kappa shape index (κ2) is 9.60. The quantitative estimate of drug-likeness (QED) is 0.468. The Morgan fingerprint density at radius 2 is 1.69 bits per heavy atom. The topological polar surface area (TPSA) is 66.8 Å². The molecule has 16 heavy (non-hydrogen) atoms. The first-order valence-corrected chi connectivity index (χ1v) is 6.01. The Balaban J connectivity index is 3.19. The maximum atomic E-state index is 10.8. The van der Waals surface area contributed by atoms with Crippen LogP contribution in [0.2, 0.25) is 0 Å². The maximum Gasteiger partial charge on any atom is 0.305 e. The van der Waals surface area contributed by atoms with E-state index in [1.165, 1.54) is 7.11 Å². The van der Waals surface area contributed by atoms with Gasteiger partial charge in [0.2, 0.25) is 0 Å². The summed E-state index contributed by atoms with van der Waals surface area (Å²) < 4.78 is 4.54. The standard InChI is InChI=1S/C12H24O4/c1-10(13)11(14)8-6-4-3-5-7-9-12(15)16-2/h10-11,13-14H,3-9H2,1-2H3. The van der Waals surface area contributed by atoms with Crippen molar-refractivity contribution in [1.82, 2.24) is 0 Å². The molecule has 0 rings (SSSR count). The third-order valence-corrected chi connectivity index (χ3v) is 2.67. The van der Waals surface area contributed by atoms with Gasteiger partial charge in [0.05, 0.1) is 19.3 Å². The fraction of sp³-hybridized carbons (Fsp3) is 0.917. The van der Waals surface area contributed by atoms with Gasteiger partial charge in [0.1, 0.15) is 0 Å². The summed E-state index contributed by atoms with van der Waals surface area (Å²) in [6.45, 7) is 1.60. The summed E-state index contributed by atoms with van der Waals surface area (Å²) in [5, 5.41) is 18.4. The van der Waals surface area contributed by atoms with Crippen LogP contribution in [0.4, 0.5) is 0 Å². The number of esters is 1. The first-order chi connectivity index (χ1) is 7.57.